The van der Waals surface area contributed by atoms with E-state index in [-0.39, 0.29) is 0 Å². The van der Waals surface area contributed by atoms with Crippen molar-refractivity contribution in [1.29, 1.82) is 5.26 Å². The summed E-state index contributed by atoms with van der Waals surface area (Å²) in [4.78, 5) is 4.79. The van der Waals surface area contributed by atoms with Gasteiger partial charge in [-0.25, -0.2) is 0 Å². The van der Waals surface area contributed by atoms with Gasteiger partial charge in [-0.3, -0.25) is 9.80 Å². The molecule has 0 radical (unpaired) electrons. The molecule has 1 saturated heterocycles. The molecule has 1 aliphatic heterocycles. The Morgan fingerprint density at radius 2 is 1.71 bits per heavy atom. The summed E-state index contributed by atoms with van der Waals surface area (Å²) in [6.07, 6.45) is 0.621. The number of hydrogen-bond acceptors (Lipinski definition) is 5. The van der Waals surface area contributed by atoms with Crippen molar-refractivity contribution in [2.75, 3.05) is 46.9 Å². The number of methoxy groups -OCH3 is 2. The monoisotopic (exact) mass is 289 g/mol. The Morgan fingerprint density at radius 1 is 1.05 bits per heavy atom. The Morgan fingerprint density at radius 3 is 2.33 bits per heavy atom. The quantitative estimate of drug-likeness (QED) is 0.798. The van der Waals surface area contributed by atoms with E-state index in [1.54, 1.807) is 14.2 Å². The number of hydrogen-bond donors (Lipinski definition) is 0. The molecule has 0 amide bonds. The topological polar surface area (TPSA) is 48.7 Å². The molecule has 1 aromatic rings. The van der Waals surface area contributed by atoms with E-state index in [0.29, 0.717) is 6.42 Å². The maximum atomic E-state index is 8.63. The average Bonchev–Trinajstić information content (AvgIpc) is 2.54. The fourth-order valence-corrected chi connectivity index (χ4v) is 2.62. The summed E-state index contributed by atoms with van der Waals surface area (Å²) in [6.45, 7) is 5.97. The summed E-state index contributed by atoms with van der Waals surface area (Å²) in [6, 6.07) is 8.29. The second-order valence-electron chi connectivity index (χ2n) is 5.22. The summed E-state index contributed by atoms with van der Waals surface area (Å²) in [5.41, 5.74) is 1.23. The van der Waals surface area contributed by atoms with Crippen molar-refractivity contribution in [2.24, 2.45) is 0 Å². The smallest absolute Gasteiger partial charge is 0.161 e. The Bertz CT molecular complexity index is 491. The van der Waals surface area contributed by atoms with Gasteiger partial charge in [-0.2, -0.15) is 5.26 Å². The van der Waals surface area contributed by atoms with Gasteiger partial charge in [0.1, 0.15) is 0 Å². The maximum Gasteiger partial charge on any atom is 0.161 e. The van der Waals surface area contributed by atoms with Crippen molar-refractivity contribution < 1.29 is 9.47 Å². The first-order valence-electron chi connectivity index (χ1n) is 7.29. The second-order valence-corrected chi connectivity index (χ2v) is 5.22. The number of piperazine rings is 1. The van der Waals surface area contributed by atoms with Crippen LogP contribution in [0.1, 0.15) is 12.0 Å². The largest absolute Gasteiger partial charge is 0.493 e. The lowest BCUT2D eigenvalue weighted by Gasteiger charge is -2.34. The minimum Gasteiger partial charge on any atom is -0.493 e. The van der Waals surface area contributed by atoms with Gasteiger partial charge in [-0.05, 0) is 17.7 Å². The summed E-state index contributed by atoms with van der Waals surface area (Å²) in [5.74, 6) is 1.55. The van der Waals surface area contributed by atoms with E-state index in [2.05, 4.69) is 21.9 Å². The molecule has 0 N–H and O–H groups in total. The summed E-state index contributed by atoms with van der Waals surface area (Å²) >= 11 is 0. The van der Waals surface area contributed by atoms with Crippen molar-refractivity contribution in [1.82, 2.24) is 9.80 Å². The molecule has 2 rings (SSSR count). The van der Waals surface area contributed by atoms with Gasteiger partial charge < -0.3 is 9.47 Å². The molecule has 1 fully saturated rings. The van der Waals surface area contributed by atoms with Crippen molar-refractivity contribution >= 4 is 0 Å². The molecule has 0 saturated carbocycles. The Kier molecular flexibility index (Phi) is 5.85. The van der Waals surface area contributed by atoms with Gasteiger partial charge in [0.25, 0.3) is 0 Å². The molecule has 0 bridgehead atoms. The van der Waals surface area contributed by atoms with Crippen LogP contribution in [0.5, 0.6) is 11.5 Å². The Hall–Kier alpha value is -1.77. The number of rotatable bonds is 6. The zero-order chi connectivity index (χ0) is 15.1. The number of ether oxygens (including phenoxy) is 2. The molecular formula is C16H23N3O2. The third kappa shape index (κ3) is 4.35. The zero-order valence-electron chi connectivity index (χ0n) is 12.8. The number of nitriles is 1. The van der Waals surface area contributed by atoms with Gasteiger partial charge in [0.2, 0.25) is 0 Å². The van der Waals surface area contributed by atoms with Crippen molar-refractivity contribution in [3.05, 3.63) is 23.8 Å². The molecule has 1 heterocycles. The summed E-state index contributed by atoms with van der Waals surface area (Å²) < 4.78 is 10.6. The molecule has 0 aromatic heterocycles. The van der Waals surface area contributed by atoms with Gasteiger partial charge in [0.15, 0.2) is 11.5 Å². The van der Waals surface area contributed by atoms with Gasteiger partial charge >= 0.3 is 0 Å². The van der Waals surface area contributed by atoms with Crippen LogP contribution in [0.25, 0.3) is 0 Å². The minimum absolute atomic E-state index is 0.621. The normalized spacial score (nSPS) is 16.4. The minimum atomic E-state index is 0.621. The van der Waals surface area contributed by atoms with Gasteiger partial charge in [-0.1, -0.05) is 6.07 Å². The Balaban J connectivity index is 1.87. The lowest BCUT2D eigenvalue weighted by Crippen LogP contribution is -2.46. The molecule has 1 aromatic carbocycles. The van der Waals surface area contributed by atoms with E-state index in [4.69, 9.17) is 14.7 Å². The van der Waals surface area contributed by atoms with E-state index in [9.17, 15) is 0 Å². The fraction of sp³-hybridized carbons (Fsp3) is 0.562. The van der Waals surface area contributed by atoms with Crippen molar-refractivity contribution in [3.63, 3.8) is 0 Å². The SMILES string of the molecule is COc1ccc(CN2CCN(CCC#N)CC2)cc1OC. The third-order valence-electron chi connectivity index (χ3n) is 3.86. The molecule has 0 atom stereocenters. The van der Waals surface area contributed by atoms with Crippen molar-refractivity contribution in [3.8, 4) is 17.6 Å². The second kappa shape index (κ2) is 7.87. The van der Waals surface area contributed by atoms with E-state index in [0.717, 1.165) is 50.8 Å². The van der Waals surface area contributed by atoms with Crippen LogP contribution in [0.2, 0.25) is 0 Å². The van der Waals surface area contributed by atoms with E-state index in [1.807, 2.05) is 12.1 Å². The van der Waals surface area contributed by atoms with Crippen LogP contribution in [0.3, 0.4) is 0 Å². The molecule has 21 heavy (non-hydrogen) atoms. The molecule has 5 heteroatoms. The molecule has 5 nitrogen and oxygen atoms in total. The summed E-state index contributed by atoms with van der Waals surface area (Å²) in [7, 11) is 3.31. The van der Waals surface area contributed by atoms with Crippen LogP contribution in [0, 0.1) is 11.3 Å². The first-order chi connectivity index (χ1) is 10.3. The first-order valence-corrected chi connectivity index (χ1v) is 7.29. The van der Waals surface area contributed by atoms with Crippen LogP contribution in [-0.4, -0.2) is 56.7 Å². The number of nitrogens with zero attached hydrogens (tertiary/aromatic N) is 3. The number of benzene rings is 1. The molecular weight excluding hydrogens is 266 g/mol. The lowest BCUT2D eigenvalue weighted by atomic mass is 10.1. The third-order valence-corrected chi connectivity index (χ3v) is 3.86. The highest BCUT2D eigenvalue weighted by Crippen LogP contribution is 2.28. The van der Waals surface area contributed by atoms with Gasteiger partial charge in [0.05, 0.1) is 20.3 Å². The highest BCUT2D eigenvalue weighted by atomic mass is 16.5. The average molecular weight is 289 g/mol. The van der Waals surface area contributed by atoms with Gasteiger partial charge in [-0.15, -0.1) is 0 Å². The van der Waals surface area contributed by atoms with E-state index < -0.39 is 0 Å². The van der Waals surface area contributed by atoms with E-state index >= 15 is 0 Å². The highest BCUT2D eigenvalue weighted by Gasteiger charge is 2.17. The zero-order valence-corrected chi connectivity index (χ0v) is 12.8. The van der Waals surface area contributed by atoms with E-state index in [1.165, 1.54) is 5.56 Å². The van der Waals surface area contributed by atoms with Crippen LogP contribution >= 0.6 is 0 Å². The van der Waals surface area contributed by atoms with Crippen LogP contribution in [-0.2, 0) is 6.54 Å². The molecule has 114 valence electrons. The standard InChI is InChI=1S/C16H23N3O2/c1-20-15-5-4-14(12-16(15)21-2)13-19-10-8-18(9-11-19)7-3-6-17/h4-5,12H,3,7-11,13H2,1-2H3. The molecule has 1 aliphatic rings. The fourth-order valence-electron chi connectivity index (χ4n) is 2.62. The summed E-state index contributed by atoms with van der Waals surface area (Å²) in [5, 5.41) is 8.63. The molecule has 0 unspecified atom stereocenters. The molecule has 0 spiro atoms. The lowest BCUT2D eigenvalue weighted by molar-refractivity contribution is 0.129. The first kappa shape index (κ1) is 15.6. The van der Waals surface area contributed by atoms with Crippen LogP contribution < -0.4 is 9.47 Å². The maximum absolute atomic E-state index is 8.63. The van der Waals surface area contributed by atoms with Crippen LogP contribution in [0.4, 0.5) is 0 Å². The van der Waals surface area contributed by atoms with Gasteiger partial charge in [0, 0.05) is 45.7 Å². The Labute approximate surface area is 126 Å². The predicted octanol–water partition coefficient (Wildman–Crippen LogP) is 1.74. The van der Waals surface area contributed by atoms with Crippen molar-refractivity contribution in [2.45, 2.75) is 13.0 Å². The molecule has 0 aliphatic carbocycles. The van der Waals surface area contributed by atoms with Crippen LogP contribution in [0.15, 0.2) is 18.2 Å². The highest BCUT2D eigenvalue weighted by molar-refractivity contribution is 5.42. The predicted molar refractivity (Wildman–Crippen MR) is 81.5 cm³/mol.